The van der Waals surface area contributed by atoms with Gasteiger partial charge in [-0.2, -0.15) is 0 Å². The average Bonchev–Trinajstić information content (AvgIpc) is 1.81. The van der Waals surface area contributed by atoms with Crippen molar-refractivity contribution in [2.75, 3.05) is 39.8 Å². The molecular weight excluding hydrogens is 136 g/mol. The summed E-state index contributed by atoms with van der Waals surface area (Å²) in [5, 5.41) is 0. The predicted octanol–water partition coefficient (Wildman–Crippen LogP) is 0.500. The van der Waals surface area contributed by atoms with E-state index in [2.05, 4.69) is 23.8 Å². The van der Waals surface area contributed by atoms with Crippen LogP contribution in [0, 0.1) is 11.8 Å². The summed E-state index contributed by atoms with van der Waals surface area (Å²) < 4.78 is 0. The van der Waals surface area contributed by atoms with Crippen molar-refractivity contribution in [2.24, 2.45) is 11.8 Å². The molecule has 2 saturated heterocycles. The summed E-state index contributed by atoms with van der Waals surface area (Å²) in [7, 11) is 2.20. The largest absolute Gasteiger partial charge is 0.306 e. The number of hydrogen-bond acceptors (Lipinski definition) is 2. The summed E-state index contributed by atoms with van der Waals surface area (Å²) in [5.41, 5.74) is 0. The van der Waals surface area contributed by atoms with Gasteiger partial charge in [0.1, 0.15) is 0 Å². The fraction of sp³-hybridized carbons (Fsp3) is 1.00. The number of nitrogens with zero attached hydrogens (tertiary/aromatic N) is 2. The van der Waals surface area contributed by atoms with Crippen LogP contribution in [0.3, 0.4) is 0 Å². The summed E-state index contributed by atoms with van der Waals surface area (Å²) >= 11 is 0. The lowest BCUT2D eigenvalue weighted by molar-refractivity contribution is 0.0386. The Balaban J connectivity index is 1.61. The van der Waals surface area contributed by atoms with E-state index in [1.54, 1.807) is 0 Å². The average molecular weight is 154 g/mol. The van der Waals surface area contributed by atoms with Gasteiger partial charge in [0.05, 0.1) is 0 Å². The standard InChI is InChI=1S/C9H18N2/c1-8-3-11(4-8)7-9-5-10(2)6-9/h8-9H,3-7H2,1-2H3. The first kappa shape index (κ1) is 7.56. The van der Waals surface area contributed by atoms with Crippen molar-refractivity contribution in [2.45, 2.75) is 6.92 Å². The number of likely N-dealkylation sites (tertiary alicyclic amines) is 2. The molecule has 0 spiro atoms. The van der Waals surface area contributed by atoms with Crippen LogP contribution in [-0.2, 0) is 0 Å². The molecule has 0 radical (unpaired) electrons. The molecule has 2 heteroatoms. The van der Waals surface area contributed by atoms with E-state index in [1.807, 2.05) is 0 Å². The Morgan fingerprint density at radius 3 is 2.27 bits per heavy atom. The minimum absolute atomic E-state index is 0.966. The molecule has 0 aliphatic carbocycles. The molecule has 2 aliphatic heterocycles. The van der Waals surface area contributed by atoms with Gasteiger partial charge in [-0.3, -0.25) is 0 Å². The third kappa shape index (κ3) is 1.57. The van der Waals surface area contributed by atoms with Crippen LogP contribution in [0.2, 0.25) is 0 Å². The van der Waals surface area contributed by atoms with Gasteiger partial charge in [0.2, 0.25) is 0 Å². The highest BCUT2D eigenvalue weighted by Crippen LogP contribution is 2.20. The maximum absolute atomic E-state index is 2.59. The van der Waals surface area contributed by atoms with Gasteiger partial charge in [-0.05, 0) is 18.9 Å². The van der Waals surface area contributed by atoms with E-state index in [0.29, 0.717) is 0 Å². The monoisotopic (exact) mass is 154 g/mol. The van der Waals surface area contributed by atoms with Crippen LogP contribution in [0.25, 0.3) is 0 Å². The fourth-order valence-corrected chi connectivity index (χ4v) is 2.29. The zero-order valence-electron chi connectivity index (χ0n) is 7.58. The highest BCUT2D eigenvalue weighted by molar-refractivity contribution is 4.84. The van der Waals surface area contributed by atoms with Crippen LogP contribution < -0.4 is 0 Å². The van der Waals surface area contributed by atoms with Crippen LogP contribution in [-0.4, -0.2) is 49.6 Å². The number of hydrogen-bond donors (Lipinski definition) is 0. The van der Waals surface area contributed by atoms with Gasteiger partial charge in [-0.25, -0.2) is 0 Å². The molecular formula is C9H18N2. The molecule has 0 aromatic rings. The Hall–Kier alpha value is -0.0800. The Morgan fingerprint density at radius 1 is 1.18 bits per heavy atom. The zero-order chi connectivity index (χ0) is 7.84. The van der Waals surface area contributed by atoms with Gasteiger partial charge in [0.25, 0.3) is 0 Å². The van der Waals surface area contributed by atoms with Crippen molar-refractivity contribution >= 4 is 0 Å². The zero-order valence-corrected chi connectivity index (χ0v) is 7.58. The Kier molecular flexibility index (Phi) is 1.90. The Labute approximate surface area is 69.2 Å². The summed E-state index contributed by atoms with van der Waals surface area (Å²) in [6.45, 7) is 9.04. The van der Waals surface area contributed by atoms with Gasteiger partial charge >= 0.3 is 0 Å². The van der Waals surface area contributed by atoms with Crippen LogP contribution in [0.15, 0.2) is 0 Å². The summed E-state index contributed by atoms with van der Waals surface area (Å²) in [6.07, 6.45) is 0. The second-order valence-corrected chi connectivity index (χ2v) is 4.41. The van der Waals surface area contributed by atoms with Crippen LogP contribution in [0.5, 0.6) is 0 Å². The summed E-state index contributed by atoms with van der Waals surface area (Å²) in [4.78, 5) is 4.98. The van der Waals surface area contributed by atoms with E-state index in [-0.39, 0.29) is 0 Å². The molecule has 11 heavy (non-hydrogen) atoms. The number of rotatable bonds is 2. The first-order valence-corrected chi connectivity index (χ1v) is 4.65. The maximum atomic E-state index is 2.59. The van der Waals surface area contributed by atoms with E-state index < -0.39 is 0 Å². The fourth-order valence-electron chi connectivity index (χ4n) is 2.29. The van der Waals surface area contributed by atoms with Gasteiger partial charge in [-0.1, -0.05) is 6.92 Å². The third-order valence-electron chi connectivity index (χ3n) is 2.80. The molecule has 0 atom stereocenters. The minimum atomic E-state index is 0.966. The van der Waals surface area contributed by atoms with E-state index in [4.69, 9.17) is 0 Å². The van der Waals surface area contributed by atoms with Crippen molar-refractivity contribution in [3.05, 3.63) is 0 Å². The Morgan fingerprint density at radius 2 is 1.82 bits per heavy atom. The Bertz CT molecular complexity index is 118. The van der Waals surface area contributed by atoms with E-state index >= 15 is 0 Å². The lowest BCUT2D eigenvalue weighted by Gasteiger charge is -2.44. The van der Waals surface area contributed by atoms with Gasteiger partial charge < -0.3 is 9.80 Å². The first-order chi connectivity index (χ1) is 5.24. The van der Waals surface area contributed by atoms with Gasteiger partial charge in [0.15, 0.2) is 0 Å². The van der Waals surface area contributed by atoms with Crippen molar-refractivity contribution in [3.63, 3.8) is 0 Å². The summed E-state index contributed by atoms with van der Waals surface area (Å²) in [5.74, 6) is 1.94. The lowest BCUT2D eigenvalue weighted by atomic mass is 9.96. The quantitative estimate of drug-likeness (QED) is 0.571. The normalized spacial score (nSPS) is 30.0. The molecule has 0 aromatic carbocycles. The molecule has 0 N–H and O–H groups in total. The minimum Gasteiger partial charge on any atom is -0.306 e. The topological polar surface area (TPSA) is 6.48 Å². The van der Waals surface area contributed by atoms with Gasteiger partial charge in [-0.15, -0.1) is 0 Å². The van der Waals surface area contributed by atoms with Crippen molar-refractivity contribution < 1.29 is 0 Å². The van der Waals surface area contributed by atoms with E-state index in [0.717, 1.165) is 11.8 Å². The smallest absolute Gasteiger partial charge is 0.00344 e. The molecule has 2 rings (SSSR count). The SMILES string of the molecule is CC1CN(CC2CN(C)C2)C1. The van der Waals surface area contributed by atoms with Crippen molar-refractivity contribution in [1.29, 1.82) is 0 Å². The molecule has 0 unspecified atom stereocenters. The maximum Gasteiger partial charge on any atom is 0.00344 e. The molecule has 2 aliphatic rings. The lowest BCUT2D eigenvalue weighted by Crippen LogP contribution is -2.54. The molecule has 0 amide bonds. The van der Waals surface area contributed by atoms with Crippen LogP contribution >= 0.6 is 0 Å². The summed E-state index contributed by atoms with van der Waals surface area (Å²) in [6, 6.07) is 0. The molecule has 64 valence electrons. The molecule has 2 nitrogen and oxygen atoms in total. The van der Waals surface area contributed by atoms with E-state index in [1.165, 1.54) is 32.7 Å². The third-order valence-corrected chi connectivity index (χ3v) is 2.80. The molecule has 0 bridgehead atoms. The van der Waals surface area contributed by atoms with Crippen molar-refractivity contribution in [1.82, 2.24) is 9.80 Å². The van der Waals surface area contributed by atoms with E-state index in [9.17, 15) is 0 Å². The van der Waals surface area contributed by atoms with Crippen LogP contribution in [0.4, 0.5) is 0 Å². The van der Waals surface area contributed by atoms with Gasteiger partial charge in [0, 0.05) is 32.7 Å². The van der Waals surface area contributed by atoms with Crippen LogP contribution in [0.1, 0.15) is 6.92 Å². The first-order valence-electron chi connectivity index (χ1n) is 4.65. The molecule has 0 aromatic heterocycles. The second kappa shape index (κ2) is 2.76. The molecule has 2 heterocycles. The molecule has 2 fully saturated rings. The predicted molar refractivity (Wildman–Crippen MR) is 46.6 cm³/mol. The molecule has 0 saturated carbocycles. The highest BCUT2D eigenvalue weighted by Gasteiger charge is 2.29. The highest BCUT2D eigenvalue weighted by atomic mass is 15.2. The second-order valence-electron chi connectivity index (χ2n) is 4.41. The van der Waals surface area contributed by atoms with Crippen molar-refractivity contribution in [3.8, 4) is 0 Å².